The molecular formula is C17H19NO5S. The Hall–Kier alpha value is -2.38. The van der Waals surface area contributed by atoms with Crippen molar-refractivity contribution in [2.75, 3.05) is 11.4 Å². The summed E-state index contributed by atoms with van der Waals surface area (Å²) in [4.78, 5) is 11.2. The Bertz CT molecular complexity index is 890. The van der Waals surface area contributed by atoms with Gasteiger partial charge in [0, 0.05) is 7.05 Å². The second kappa shape index (κ2) is 6.62. The van der Waals surface area contributed by atoms with Crippen molar-refractivity contribution in [3.8, 4) is 0 Å². The summed E-state index contributed by atoms with van der Waals surface area (Å²) in [6.07, 6.45) is 0. The van der Waals surface area contributed by atoms with Crippen LogP contribution in [0.1, 0.15) is 27.0 Å². The first-order valence-electron chi connectivity index (χ1n) is 7.21. The number of carbonyl (C=O) groups is 1. The van der Waals surface area contributed by atoms with Crippen LogP contribution in [0.2, 0.25) is 0 Å². The maximum absolute atomic E-state index is 12.9. The van der Waals surface area contributed by atoms with Gasteiger partial charge in [0.25, 0.3) is 10.0 Å². The molecule has 0 aromatic heterocycles. The Balaban J connectivity index is 2.57. The van der Waals surface area contributed by atoms with Gasteiger partial charge in [0.05, 0.1) is 22.8 Å². The number of aliphatic hydroxyl groups is 1. The molecule has 0 bridgehead atoms. The molecule has 0 aliphatic carbocycles. The number of sulfonamides is 1. The molecule has 2 rings (SSSR count). The van der Waals surface area contributed by atoms with Crippen molar-refractivity contribution >= 4 is 21.7 Å². The van der Waals surface area contributed by atoms with Crippen molar-refractivity contribution in [2.45, 2.75) is 25.3 Å². The van der Waals surface area contributed by atoms with Gasteiger partial charge in [-0.15, -0.1) is 0 Å². The Morgan fingerprint density at radius 1 is 1.12 bits per heavy atom. The molecule has 0 radical (unpaired) electrons. The normalized spacial score (nSPS) is 11.3. The minimum absolute atomic E-state index is 0.0447. The van der Waals surface area contributed by atoms with Crippen molar-refractivity contribution in [3.63, 3.8) is 0 Å². The van der Waals surface area contributed by atoms with E-state index in [1.807, 2.05) is 0 Å². The lowest BCUT2D eigenvalue weighted by atomic mass is 10.1. The highest BCUT2D eigenvalue weighted by molar-refractivity contribution is 7.92. The lowest BCUT2D eigenvalue weighted by Crippen LogP contribution is -2.27. The summed E-state index contributed by atoms with van der Waals surface area (Å²) in [5.41, 5.74) is 1.91. The maximum atomic E-state index is 12.9. The zero-order valence-corrected chi connectivity index (χ0v) is 14.5. The van der Waals surface area contributed by atoms with E-state index in [2.05, 4.69) is 0 Å². The van der Waals surface area contributed by atoms with E-state index in [1.165, 1.54) is 13.1 Å². The number of rotatable bonds is 5. The third kappa shape index (κ3) is 3.27. The number of hydrogen-bond acceptors (Lipinski definition) is 4. The molecule has 0 spiro atoms. The fraction of sp³-hybridized carbons (Fsp3) is 0.235. The zero-order chi connectivity index (χ0) is 18.1. The number of hydrogen-bond donors (Lipinski definition) is 2. The van der Waals surface area contributed by atoms with Crippen LogP contribution in [-0.2, 0) is 16.6 Å². The molecule has 128 valence electrons. The summed E-state index contributed by atoms with van der Waals surface area (Å²) in [6, 6.07) is 9.25. The van der Waals surface area contributed by atoms with Crippen molar-refractivity contribution in [1.29, 1.82) is 0 Å². The van der Waals surface area contributed by atoms with Gasteiger partial charge in [0.2, 0.25) is 0 Å². The van der Waals surface area contributed by atoms with Crippen LogP contribution in [0.3, 0.4) is 0 Å². The molecule has 24 heavy (non-hydrogen) atoms. The van der Waals surface area contributed by atoms with Gasteiger partial charge in [-0.25, -0.2) is 13.2 Å². The number of aliphatic hydroxyl groups excluding tert-OH is 1. The van der Waals surface area contributed by atoms with Crippen LogP contribution in [0.25, 0.3) is 0 Å². The molecule has 6 nitrogen and oxygen atoms in total. The molecular weight excluding hydrogens is 330 g/mol. The van der Waals surface area contributed by atoms with Gasteiger partial charge in [-0.2, -0.15) is 0 Å². The Labute approximate surface area is 141 Å². The molecule has 0 unspecified atom stereocenters. The number of aromatic carboxylic acids is 1. The van der Waals surface area contributed by atoms with E-state index in [0.717, 1.165) is 4.31 Å². The molecule has 0 saturated heterocycles. The minimum Gasteiger partial charge on any atom is -0.478 e. The van der Waals surface area contributed by atoms with Gasteiger partial charge in [0.15, 0.2) is 0 Å². The lowest BCUT2D eigenvalue weighted by Gasteiger charge is -2.22. The molecule has 0 aliphatic heterocycles. The fourth-order valence-electron chi connectivity index (χ4n) is 2.48. The van der Waals surface area contributed by atoms with E-state index in [4.69, 9.17) is 0 Å². The average Bonchev–Trinajstić information content (AvgIpc) is 2.53. The first-order valence-corrected chi connectivity index (χ1v) is 8.65. The van der Waals surface area contributed by atoms with Crippen LogP contribution >= 0.6 is 0 Å². The van der Waals surface area contributed by atoms with Gasteiger partial charge in [-0.1, -0.05) is 18.2 Å². The standard InChI is InChI=1S/C17H19NO5S/c1-11-7-12(2)16(9-15(11)17(20)21)24(22,23)18(3)14-6-4-5-13(8-14)10-19/h4-9,19H,10H2,1-3H3,(H,20,21). The number of carboxylic acid groups (broad SMARTS) is 1. The molecule has 0 atom stereocenters. The predicted molar refractivity (Wildman–Crippen MR) is 90.8 cm³/mol. The molecule has 2 aromatic rings. The van der Waals surface area contributed by atoms with Gasteiger partial charge >= 0.3 is 5.97 Å². The van der Waals surface area contributed by atoms with Crippen molar-refractivity contribution in [3.05, 3.63) is 58.7 Å². The Morgan fingerprint density at radius 3 is 2.38 bits per heavy atom. The van der Waals surface area contributed by atoms with Gasteiger partial charge < -0.3 is 10.2 Å². The van der Waals surface area contributed by atoms with Gasteiger partial charge in [0.1, 0.15) is 0 Å². The lowest BCUT2D eigenvalue weighted by molar-refractivity contribution is 0.0696. The Kier molecular flexibility index (Phi) is 4.96. The smallest absolute Gasteiger partial charge is 0.335 e. The SMILES string of the molecule is Cc1cc(C)c(S(=O)(=O)N(C)c2cccc(CO)c2)cc1C(=O)O. The molecule has 0 saturated carbocycles. The number of nitrogens with zero attached hydrogens (tertiary/aromatic N) is 1. The molecule has 2 N–H and O–H groups in total. The number of anilines is 1. The number of benzene rings is 2. The van der Waals surface area contributed by atoms with E-state index in [-0.39, 0.29) is 17.1 Å². The van der Waals surface area contributed by atoms with Crippen LogP contribution in [-0.4, -0.2) is 31.6 Å². The number of aryl methyl sites for hydroxylation is 2. The number of carboxylic acids is 1. The van der Waals surface area contributed by atoms with Crippen LogP contribution in [0, 0.1) is 13.8 Å². The van der Waals surface area contributed by atoms with Crippen molar-refractivity contribution in [2.24, 2.45) is 0 Å². The summed E-state index contributed by atoms with van der Waals surface area (Å²) in [5.74, 6) is -1.17. The summed E-state index contributed by atoms with van der Waals surface area (Å²) in [5, 5.41) is 18.4. The molecule has 0 fully saturated rings. The summed E-state index contributed by atoms with van der Waals surface area (Å²) in [7, 11) is -2.54. The van der Waals surface area contributed by atoms with Gasteiger partial charge in [-0.3, -0.25) is 4.31 Å². The Morgan fingerprint density at radius 2 is 1.79 bits per heavy atom. The molecule has 0 heterocycles. The van der Waals surface area contributed by atoms with E-state index < -0.39 is 16.0 Å². The van der Waals surface area contributed by atoms with Crippen molar-refractivity contribution < 1.29 is 23.4 Å². The van der Waals surface area contributed by atoms with E-state index in [0.29, 0.717) is 22.4 Å². The van der Waals surface area contributed by atoms with E-state index >= 15 is 0 Å². The molecule has 0 aliphatic rings. The van der Waals surface area contributed by atoms with Crippen LogP contribution in [0.4, 0.5) is 5.69 Å². The highest BCUT2D eigenvalue weighted by Crippen LogP contribution is 2.27. The second-order valence-corrected chi connectivity index (χ2v) is 7.48. The maximum Gasteiger partial charge on any atom is 0.335 e. The molecule has 2 aromatic carbocycles. The first-order chi connectivity index (χ1) is 11.2. The minimum atomic E-state index is -3.93. The van der Waals surface area contributed by atoms with Crippen LogP contribution in [0.15, 0.2) is 41.3 Å². The van der Waals surface area contributed by atoms with E-state index in [1.54, 1.807) is 44.2 Å². The topological polar surface area (TPSA) is 94.9 Å². The molecule has 7 heteroatoms. The largest absolute Gasteiger partial charge is 0.478 e. The average molecular weight is 349 g/mol. The monoisotopic (exact) mass is 349 g/mol. The van der Waals surface area contributed by atoms with Crippen LogP contribution in [0.5, 0.6) is 0 Å². The fourth-order valence-corrected chi connectivity index (χ4v) is 3.90. The van der Waals surface area contributed by atoms with E-state index in [9.17, 15) is 23.4 Å². The van der Waals surface area contributed by atoms with Crippen molar-refractivity contribution in [1.82, 2.24) is 0 Å². The zero-order valence-electron chi connectivity index (χ0n) is 13.6. The summed E-state index contributed by atoms with van der Waals surface area (Å²) < 4.78 is 26.9. The highest BCUT2D eigenvalue weighted by atomic mass is 32.2. The second-order valence-electron chi connectivity index (χ2n) is 5.54. The molecule has 0 amide bonds. The summed E-state index contributed by atoms with van der Waals surface area (Å²) >= 11 is 0. The third-order valence-corrected chi connectivity index (χ3v) is 5.78. The third-order valence-electron chi connectivity index (χ3n) is 3.85. The highest BCUT2D eigenvalue weighted by Gasteiger charge is 2.25. The predicted octanol–water partition coefficient (Wildman–Crippen LogP) is 2.32. The first kappa shape index (κ1) is 18.0. The quantitative estimate of drug-likeness (QED) is 0.864. The van der Waals surface area contributed by atoms with Gasteiger partial charge in [-0.05, 0) is 48.7 Å². The summed E-state index contributed by atoms with van der Waals surface area (Å²) in [6.45, 7) is 3.05. The van der Waals surface area contributed by atoms with Crippen LogP contribution < -0.4 is 4.31 Å².